The zero-order valence-electron chi connectivity index (χ0n) is 23.8. The lowest BCUT2D eigenvalue weighted by Crippen LogP contribution is -2.48. The summed E-state index contributed by atoms with van der Waals surface area (Å²) in [4.78, 5) is 46.8. The summed E-state index contributed by atoms with van der Waals surface area (Å²) < 4.78 is 38.9. The third kappa shape index (κ3) is 6.14. The second-order valence-electron chi connectivity index (χ2n) is 12.0. The van der Waals surface area contributed by atoms with Crippen molar-refractivity contribution in [1.82, 2.24) is 20.1 Å². The van der Waals surface area contributed by atoms with Crippen LogP contribution in [-0.4, -0.2) is 99.9 Å². The van der Waals surface area contributed by atoms with Gasteiger partial charge in [-0.05, 0) is 51.0 Å². The Balaban J connectivity index is 0.993. The molecule has 1 aromatic rings. The Kier molecular flexibility index (Phi) is 8.20. The minimum atomic E-state index is -4.61. The molecule has 3 fully saturated rings. The number of aromatic nitrogens is 1. The second-order valence-corrected chi connectivity index (χ2v) is 12.0. The summed E-state index contributed by atoms with van der Waals surface area (Å²) in [5.74, 6) is -0.148. The predicted octanol–water partition coefficient (Wildman–Crippen LogP) is 3.03. The number of amides is 2. The Bertz CT molecular complexity index is 1370. The van der Waals surface area contributed by atoms with Crippen molar-refractivity contribution in [3.63, 3.8) is 0 Å². The van der Waals surface area contributed by atoms with Crippen molar-refractivity contribution in [1.29, 1.82) is 0 Å². The molecule has 2 N–H and O–H groups in total. The van der Waals surface area contributed by atoms with Crippen LogP contribution in [0.15, 0.2) is 45.2 Å². The van der Waals surface area contributed by atoms with Crippen LogP contribution in [0.5, 0.6) is 0 Å². The molecule has 6 rings (SSSR count). The van der Waals surface area contributed by atoms with E-state index in [4.69, 9.17) is 0 Å². The third-order valence-corrected chi connectivity index (χ3v) is 9.44. The minimum Gasteiger partial charge on any atom is -0.384 e. The molecule has 43 heavy (non-hydrogen) atoms. The highest BCUT2D eigenvalue weighted by Crippen LogP contribution is 2.42. The number of allylic oxidation sites excluding steroid dienone is 1. The first-order chi connectivity index (χ1) is 20.6. The van der Waals surface area contributed by atoms with Crippen LogP contribution in [-0.2, 0) is 11.0 Å². The number of nitrogens with zero attached hydrogens (tertiary/aromatic N) is 6. The van der Waals surface area contributed by atoms with E-state index < -0.39 is 23.2 Å². The summed E-state index contributed by atoms with van der Waals surface area (Å²) in [6.45, 7) is 1.90. The van der Waals surface area contributed by atoms with Gasteiger partial charge in [0.25, 0.3) is 5.91 Å². The fraction of sp³-hybridized carbons (Fsp3) is 0.600. The van der Waals surface area contributed by atoms with Gasteiger partial charge in [-0.1, -0.05) is 6.08 Å². The van der Waals surface area contributed by atoms with Crippen LogP contribution in [0.4, 0.5) is 13.2 Å². The van der Waals surface area contributed by atoms with Crippen LogP contribution in [0.1, 0.15) is 67.3 Å². The van der Waals surface area contributed by atoms with Crippen molar-refractivity contribution in [3.05, 3.63) is 41.4 Å². The van der Waals surface area contributed by atoms with Gasteiger partial charge in [-0.2, -0.15) is 13.2 Å². The number of pyridine rings is 1. The average Bonchev–Trinajstić information content (AvgIpc) is 3.63. The highest BCUT2D eigenvalue weighted by atomic mass is 19.4. The van der Waals surface area contributed by atoms with E-state index in [1.165, 1.54) is 0 Å². The van der Waals surface area contributed by atoms with Crippen molar-refractivity contribution >= 4 is 30.1 Å². The van der Waals surface area contributed by atoms with E-state index in [2.05, 4.69) is 30.2 Å². The fourth-order valence-electron chi connectivity index (χ4n) is 7.18. The van der Waals surface area contributed by atoms with Gasteiger partial charge in [-0.15, -0.1) is 0 Å². The molecule has 2 amide bonds. The Morgan fingerprint density at radius 2 is 1.86 bits per heavy atom. The number of hydrogen-bond acceptors (Lipinski definition) is 8. The summed E-state index contributed by atoms with van der Waals surface area (Å²) in [6, 6.07) is 1.29. The predicted molar refractivity (Wildman–Crippen MR) is 154 cm³/mol. The molecule has 0 radical (unpaired) electrons. The topological polar surface area (TPSA) is 123 Å². The summed E-state index contributed by atoms with van der Waals surface area (Å²) >= 11 is 0. The van der Waals surface area contributed by atoms with Gasteiger partial charge in [0.15, 0.2) is 0 Å². The fourth-order valence-corrected chi connectivity index (χ4v) is 7.18. The summed E-state index contributed by atoms with van der Waals surface area (Å²) in [5.41, 5.74) is -1.46. The minimum absolute atomic E-state index is 0.0355. The summed E-state index contributed by atoms with van der Waals surface area (Å²) in [6.07, 6.45) is 9.07. The van der Waals surface area contributed by atoms with E-state index in [-0.39, 0.29) is 36.0 Å². The Morgan fingerprint density at radius 1 is 1.07 bits per heavy atom. The molecule has 0 bridgehead atoms. The van der Waals surface area contributed by atoms with Crippen LogP contribution in [0, 0.1) is 5.92 Å². The van der Waals surface area contributed by atoms with Crippen LogP contribution >= 0.6 is 0 Å². The third-order valence-electron chi connectivity index (χ3n) is 9.44. The molecule has 13 heteroatoms. The largest absolute Gasteiger partial charge is 0.417 e. The number of aliphatic hydroxyl groups is 1. The first kappa shape index (κ1) is 29.6. The van der Waals surface area contributed by atoms with E-state index in [9.17, 15) is 27.9 Å². The molecule has 3 unspecified atom stereocenters. The normalized spacial score (nSPS) is 31.0. The molecule has 1 saturated carbocycles. The number of alkyl halides is 3. The highest BCUT2D eigenvalue weighted by molar-refractivity contribution is 6.02. The van der Waals surface area contributed by atoms with E-state index in [1.54, 1.807) is 4.90 Å². The lowest BCUT2D eigenvalue weighted by Gasteiger charge is -2.42. The maximum Gasteiger partial charge on any atom is 0.417 e. The number of halogens is 3. The summed E-state index contributed by atoms with van der Waals surface area (Å²) in [7, 11) is 0. The van der Waals surface area contributed by atoms with Crippen molar-refractivity contribution in [2.45, 2.75) is 81.3 Å². The Morgan fingerprint density at radius 3 is 2.56 bits per heavy atom. The lowest BCUT2D eigenvalue weighted by molar-refractivity contribution is -0.138. The van der Waals surface area contributed by atoms with Crippen LogP contribution in [0.3, 0.4) is 0 Å². The number of rotatable bonds is 6. The smallest absolute Gasteiger partial charge is 0.384 e. The Labute approximate surface area is 247 Å². The molecular formula is C30H36F3N7O3. The molecule has 5 aliphatic rings. The number of hydrogen-bond donors (Lipinski definition) is 2. The number of likely N-dealkylation sites (tertiary alicyclic amines) is 2. The molecule has 0 spiro atoms. The van der Waals surface area contributed by atoms with E-state index in [0.717, 1.165) is 75.4 Å². The number of amidine groups is 1. The molecule has 0 aromatic carbocycles. The van der Waals surface area contributed by atoms with Crippen molar-refractivity contribution in [2.24, 2.45) is 20.9 Å². The number of fused-ring (bicyclic) bond motifs is 1. The van der Waals surface area contributed by atoms with Gasteiger partial charge < -0.3 is 15.3 Å². The molecule has 2 saturated heterocycles. The summed E-state index contributed by atoms with van der Waals surface area (Å²) in [5, 5.41) is 14.0. The van der Waals surface area contributed by atoms with Gasteiger partial charge >= 0.3 is 6.18 Å². The first-order valence-electron chi connectivity index (χ1n) is 15.0. The lowest BCUT2D eigenvalue weighted by atomic mass is 9.78. The molecule has 1 aromatic heterocycles. The van der Waals surface area contributed by atoms with Gasteiger partial charge in [-0.3, -0.25) is 29.5 Å². The maximum atomic E-state index is 13.0. The quantitative estimate of drug-likeness (QED) is 0.521. The van der Waals surface area contributed by atoms with Gasteiger partial charge in [0, 0.05) is 69.0 Å². The zero-order chi connectivity index (χ0) is 30.2. The maximum absolute atomic E-state index is 13.0. The molecule has 4 aliphatic heterocycles. The molecule has 230 valence electrons. The van der Waals surface area contributed by atoms with Gasteiger partial charge in [0.2, 0.25) is 5.91 Å². The second kappa shape index (κ2) is 11.9. The van der Waals surface area contributed by atoms with Crippen LogP contribution < -0.4 is 5.32 Å². The first-order valence-corrected chi connectivity index (χ1v) is 15.0. The van der Waals surface area contributed by atoms with Crippen molar-refractivity contribution in [2.75, 3.05) is 26.2 Å². The highest BCUT2D eigenvalue weighted by Gasteiger charge is 2.48. The standard InChI is InChI=1S/C30H36F3N7O3/c31-30(32,33)21-14-20(15-34-17-21)28(42)38-18-26(41)40-13-7-23-24(40)6-12-39(23)22-4-8-29(43,9-5-22)25-3-2-19(16-37-25)27-35-10-1-11-36-27/h3,10,14-17,19,22-24,43H,1-2,4-9,11-13,18H2,(H,38,42). The van der Waals surface area contributed by atoms with Gasteiger partial charge in [0.05, 0.1) is 29.3 Å². The van der Waals surface area contributed by atoms with Gasteiger partial charge in [-0.25, -0.2) is 4.99 Å². The van der Waals surface area contributed by atoms with Crippen LogP contribution in [0.25, 0.3) is 0 Å². The zero-order valence-corrected chi connectivity index (χ0v) is 23.8. The van der Waals surface area contributed by atoms with E-state index in [0.29, 0.717) is 31.6 Å². The number of aliphatic imine (C=N–C) groups is 3. The molecular weight excluding hydrogens is 563 g/mol. The van der Waals surface area contributed by atoms with Crippen LogP contribution in [0.2, 0.25) is 0 Å². The average molecular weight is 600 g/mol. The molecule has 5 heterocycles. The Hall–Kier alpha value is -3.45. The molecule has 1 aliphatic carbocycles. The van der Waals surface area contributed by atoms with Gasteiger partial charge in [0.1, 0.15) is 11.4 Å². The van der Waals surface area contributed by atoms with E-state index in [1.807, 2.05) is 18.5 Å². The SMILES string of the molecule is O=C(NCC(=O)N1CCC2C1CCN2C1CCC(O)(C2=CCC(C3=NCCC=N3)C=N2)CC1)c1cncc(C(F)(F)F)c1. The van der Waals surface area contributed by atoms with Crippen molar-refractivity contribution in [3.8, 4) is 0 Å². The monoisotopic (exact) mass is 599 g/mol. The van der Waals surface area contributed by atoms with E-state index >= 15 is 0 Å². The number of carbonyl (C=O) groups is 2. The molecule has 10 nitrogen and oxygen atoms in total. The van der Waals surface area contributed by atoms with Crippen molar-refractivity contribution < 1.29 is 27.9 Å². The number of nitrogens with one attached hydrogen (secondary N) is 1. The number of carbonyl (C=O) groups excluding carboxylic acids is 2. The molecule has 3 atom stereocenters.